The van der Waals surface area contributed by atoms with E-state index in [1.807, 2.05) is 28.5 Å². The molecule has 6 heteroatoms. The number of thiophene rings is 1. The Balaban J connectivity index is 1.37. The van der Waals surface area contributed by atoms with Crippen LogP contribution in [0.25, 0.3) is 11.1 Å². The maximum absolute atomic E-state index is 12.4. The van der Waals surface area contributed by atoms with Gasteiger partial charge in [0.25, 0.3) is 0 Å². The molecule has 0 atom stereocenters. The molecule has 4 rings (SSSR count). The van der Waals surface area contributed by atoms with E-state index in [9.17, 15) is 4.79 Å². The van der Waals surface area contributed by atoms with Crippen molar-refractivity contribution in [3.63, 3.8) is 0 Å². The fraction of sp³-hybridized carbons (Fsp3) is 0.320. The van der Waals surface area contributed by atoms with Crippen molar-refractivity contribution in [2.24, 2.45) is 0 Å². The standard InChI is InChI=1S/C25H29N3O2S/c1-27(2)18-20-7-3-4-10-23(20)19-8-5-9-22(17-19)30-21-12-14-28(15-13-21)25(29)26-24-11-6-16-31-24/h3-11,16-17,21H,12-15,18H2,1-2H3,(H,26,29). The number of ether oxygens (including phenoxy) is 1. The molecule has 1 saturated heterocycles. The summed E-state index contributed by atoms with van der Waals surface area (Å²) < 4.78 is 6.31. The predicted molar refractivity (Wildman–Crippen MR) is 128 cm³/mol. The van der Waals surface area contributed by atoms with Crippen LogP contribution >= 0.6 is 11.3 Å². The van der Waals surface area contributed by atoms with Gasteiger partial charge >= 0.3 is 6.03 Å². The van der Waals surface area contributed by atoms with Crippen LogP contribution in [-0.2, 0) is 6.54 Å². The van der Waals surface area contributed by atoms with Crippen LogP contribution in [0.1, 0.15) is 18.4 Å². The lowest BCUT2D eigenvalue weighted by atomic mass is 9.99. The summed E-state index contributed by atoms with van der Waals surface area (Å²) in [6, 6.07) is 20.7. The summed E-state index contributed by atoms with van der Waals surface area (Å²) in [6.07, 6.45) is 1.79. The molecule has 0 radical (unpaired) electrons. The van der Waals surface area contributed by atoms with Crippen LogP contribution in [0.4, 0.5) is 9.80 Å². The molecule has 5 nitrogen and oxygen atoms in total. The van der Waals surface area contributed by atoms with E-state index in [1.165, 1.54) is 28.0 Å². The van der Waals surface area contributed by atoms with Crippen LogP contribution in [0.5, 0.6) is 5.75 Å². The molecule has 2 amide bonds. The highest BCUT2D eigenvalue weighted by Gasteiger charge is 2.24. The van der Waals surface area contributed by atoms with Crippen LogP contribution in [0.3, 0.4) is 0 Å². The van der Waals surface area contributed by atoms with Crippen molar-refractivity contribution in [1.29, 1.82) is 0 Å². The van der Waals surface area contributed by atoms with E-state index in [4.69, 9.17) is 4.74 Å². The Morgan fingerprint density at radius 1 is 1.10 bits per heavy atom. The molecule has 1 aliphatic rings. The monoisotopic (exact) mass is 435 g/mol. The average Bonchev–Trinajstić information content (AvgIpc) is 3.27. The Morgan fingerprint density at radius 3 is 2.65 bits per heavy atom. The van der Waals surface area contributed by atoms with E-state index < -0.39 is 0 Å². The summed E-state index contributed by atoms with van der Waals surface area (Å²) in [7, 11) is 4.17. The molecule has 0 bridgehead atoms. The lowest BCUT2D eigenvalue weighted by Crippen LogP contribution is -2.43. The summed E-state index contributed by atoms with van der Waals surface area (Å²) in [4.78, 5) is 16.5. The van der Waals surface area contributed by atoms with Gasteiger partial charge < -0.3 is 14.5 Å². The Morgan fingerprint density at radius 2 is 1.90 bits per heavy atom. The number of carbonyl (C=O) groups excluding carboxylic acids is 1. The van der Waals surface area contributed by atoms with Gasteiger partial charge in [-0.05, 0) is 60.4 Å². The second kappa shape index (κ2) is 9.98. The van der Waals surface area contributed by atoms with E-state index in [2.05, 4.69) is 66.8 Å². The third-order valence-corrected chi connectivity index (χ3v) is 6.22. The molecule has 2 heterocycles. The Labute approximate surface area is 188 Å². The number of hydrogen-bond acceptors (Lipinski definition) is 4. The van der Waals surface area contributed by atoms with Crippen LogP contribution in [0.2, 0.25) is 0 Å². The quantitative estimate of drug-likeness (QED) is 0.552. The first-order valence-corrected chi connectivity index (χ1v) is 11.6. The van der Waals surface area contributed by atoms with Gasteiger partial charge in [-0.1, -0.05) is 36.4 Å². The van der Waals surface area contributed by atoms with Gasteiger partial charge in [-0.15, -0.1) is 11.3 Å². The third-order valence-electron chi connectivity index (χ3n) is 5.43. The zero-order valence-electron chi connectivity index (χ0n) is 18.1. The first kappa shape index (κ1) is 21.4. The molecule has 1 N–H and O–H groups in total. The minimum Gasteiger partial charge on any atom is -0.490 e. The van der Waals surface area contributed by atoms with Crippen molar-refractivity contribution in [1.82, 2.24) is 9.80 Å². The molecule has 162 valence electrons. The number of piperidine rings is 1. The highest BCUT2D eigenvalue weighted by molar-refractivity contribution is 7.14. The summed E-state index contributed by atoms with van der Waals surface area (Å²) in [6.45, 7) is 2.30. The van der Waals surface area contributed by atoms with Gasteiger partial charge in [-0.25, -0.2) is 4.79 Å². The second-order valence-electron chi connectivity index (χ2n) is 8.13. The van der Waals surface area contributed by atoms with Gasteiger partial charge in [0.05, 0.1) is 5.00 Å². The van der Waals surface area contributed by atoms with Crippen LogP contribution in [0.15, 0.2) is 66.0 Å². The van der Waals surface area contributed by atoms with Crippen molar-refractivity contribution in [3.8, 4) is 16.9 Å². The SMILES string of the molecule is CN(C)Cc1ccccc1-c1cccc(OC2CCN(C(=O)Nc3cccs3)CC2)c1. The molecular formula is C25H29N3O2S. The molecule has 31 heavy (non-hydrogen) atoms. The molecule has 3 aromatic rings. The van der Waals surface area contributed by atoms with Gasteiger partial charge in [-0.2, -0.15) is 0 Å². The van der Waals surface area contributed by atoms with Crippen molar-refractivity contribution in [2.45, 2.75) is 25.5 Å². The largest absolute Gasteiger partial charge is 0.490 e. The molecule has 1 fully saturated rings. The number of benzene rings is 2. The van der Waals surface area contributed by atoms with E-state index in [1.54, 1.807) is 0 Å². The second-order valence-corrected chi connectivity index (χ2v) is 9.08. The molecule has 1 aliphatic heterocycles. The molecule has 0 saturated carbocycles. The highest BCUT2D eigenvalue weighted by Crippen LogP contribution is 2.29. The minimum atomic E-state index is -0.0274. The first-order chi connectivity index (χ1) is 15.1. The fourth-order valence-electron chi connectivity index (χ4n) is 3.92. The van der Waals surface area contributed by atoms with Crippen molar-refractivity contribution in [2.75, 3.05) is 32.5 Å². The number of amides is 2. The predicted octanol–water partition coefficient (Wildman–Crippen LogP) is 5.55. The van der Waals surface area contributed by atoms with Gasteiger partial charge in [0.1, 0.15) is 11.9 Å². The number of nitrogens with one attached hydrogen (secondary N) is 1. The van der Waals surface area contributed by atoms with E-state index >= 15 is 0 Å². The van der Waals surface area contributed by atoms with E-state index in [0.717, 1.165) is 30.1 Å². The molecular weight excluding hydrogens is 406 g/mol. The highest BCUT2D eigenvalue weighted by atomic mass is 32.1. The lowest BCUT2D eigenvalue weighted by Gasteiger charge is -2.32. The summed E-state index contributed by atoms with van der Waals surface area (Å²) in [5.41, 5.74) is 3.71. The maximum atomic E-state index is 12.4. The number of hydrogen-bond donors (Lipinski definition) is 1. The number of likely N-dealkylation sites (tertiary alicyclic amines) is 1. The number of rotatable bonds is 6. The number of urea groups is 1. The smallest absolute Gasteiger partial charge is 0.322 e. The van der Waals surface area contributed by atoms with Gasteiger partial charge in [0.15, 0.2) is 0 Å². The number of anilines is 1. The van der Waals surface area contributed by atoms with Gasteiger partial charge in [-0.3, -0.25) is 5.32 Å². The number of nitrogens with zero attached hydrogens (tertiary/aromatic N) is 2. The number of carbonyl (C=O) groups is 1. The molecule has 0 unspecified atom stereocenters. The van der Waals surface area contributed by atoms with Crippen LogP contribution in [0, 0.1) is 0 Å². The summed E-state index contributed by atoms with van der Waals surface area (Å²) in [5, 5.41) is 5.81. The Hall–Kier alpha value is -2.83. The van der Waals surface area contributed by atoms with Gasteiger partial charge in [0.2, 0.25) is 0 Å². The summed E-state index contributed by atoms with van der Waals surface area (Å²) >= 11 is 1.54. The topological polar surface area (TPSA) is 44.8 Å². The van der Waals surface area contributed by atoms with Crippen LogP contribution < -0.4 is 10.1 Å². The Kier molecular flexibility index (Phi) is 6.89. The van der Waals surface area contributed by atoms with Crippen molar-refractivity contribution in [3.05, 3.63) is 71.6 Å². The van der Waals surface area contributed by atoms with E-state index in [0.29, 0.717) is 13.1 Å². The van der Waals surface area contributed by atoms with Crippen molar-refractivity contribution < 1.29 is 9.53 Å². The minimum absolute atomic E-state index is 0.0274. The van der Waals surface area contributed by atoms with Crippen LogP contribution in [-0.4, -0.2) is 49.1 Å². The van der Waals surface area contributed by atoms with E-state index in [-0.39, 0.29) is 12.1 Å². The van der Waals surface area contributed by atoms with Gasteiger partial charge in [0, 0.05) is 32.5 Å². The molecule has 1 aromatic heterocycles. The lowest BCUT2D eigenvalue weighted by molar-refractivity contribution is 0.115. The third kappa shape index (κ3) is 5.66. The zero-order valence-corrected chi connectivity index (χ0v) is 18.9. The normalized spacial score (nSPS) is 14.6. The first-order valence-electron chi connectivity index (χ1n) is 10.7. The Bertz CT molecular complexity index is 996. The summed E-state index contributed by atoms with van der Waals surface area (Å²) in [5.74, 6) is 0.888. The zero-order chi connectivity index (χ0) is 21.6. The molecule has 2 aromatic carbocycles. The molecule has 0 aliphatic carbocycles. The fourth-order valence-corrected chi connectivity index (χ4v) is 4.53. The average molecular weight is 436 g/mol. The molecule has 0 spiro atoms. The van der Waals surface area contributed by atoms with Crippen molar-refractivity contribution >= 4 is 22.4 Å². The maximum Gasteiger partial charge on any atom is 0.322 e.